The number of halogens is 2. The van der Waals surface area contributed by atoms with Gasteiger partial charge in [0.25, 0.3) is 5.69 Å². The van der Waals surface area contributed by atoms with E-state index in [9.17, 15) is 28.1 Å². The summed E-state index contributed by atoms with van der Waals surface area (Å²) in [6.07, 6.45) is 0.856. The molecule has 0 aliphatic carbocycles. The van der Waals surface area contributed by atoms with Crippen LogP contribution in [0, 0.1) is 10.1 Å². The van der Waals surface area contributed by atoms with Crippen LogP contribution in [-0.2, 0) is 26.2 Å². The minimum absolute atomic E-state index is 0.000329. The maximum Gasteiger partial charge on any atom is 0.271 e. The number of carbonyl (C=O) groups is 2. The lowest BCUT2D eigenvalue weighted by molar-refractivity contribution is -0.384. The maximum atomic E-state index is 13.7. The number of hydrogen-bond donors (Lipinski definition) is 1. The van der Waals surface area contributed by atoms with Crippen LogP contribution in [0.1, 0.15) is 33.3 Å². The first-order valence-electron chi connectivity index (χ1n) is 11.3. The van der Waals surface area contributed by atoms with Crippen molar-refractivity contribution in [1.82, 2.24) is 10.2 Å². The number of nitro benzene ring substituents is 1. The second kappa shape index (κ2) is 12.2. The van der Waals surface area contributed by atoms with Gasteiger partial charge in [0, 0.05) is 34.3 Å². The Morgan fingerprint density at radius 2 is 1.79 bits per heavy atom. The summed E-state index contributed by atoms with van der Waals surface area (Å²) in [5, 5.41) is 14.8. The molecule has 0 bridgehead atoms. The number of rotatable bonds is 10. The van der Waals surface area contributed by atoms with Crippen molar-refractivity contribution < 1.29 is 27.7 Å². The quantitative estimate of drug-likeness (QED) is 0.326. The van der Waals surface area contributed by atoms with Crippen molar-refractivity contribution in [2.45, 2.75) is 45.8 Å². The predicted molar refractivity (Wildman–Crippen MR) is 146 cm³/mol. The Hall–Kier alpha value is -3.09. The second-order valence-electron chi connectivity index (χ2n) is 9.56. The second-order valence-corrected chi connectivity index (χ2v) is 12.3. The molecule has 0 saturated carbocycles. The van der Waals surface area contributed by atoms with E-state index < -0.39 is 50.6 Å². The van der Waals surface area contributed by atoms with Gasteiger partial charge in [-0.25, -0.2) is 8.42 Å². The molecule has 2 rings (SSSR count). The molecule has 0 aliphatic rings. The number of hydrogen-bond acceptors (Lipinski definition) is 7. The number of nitrogens with zero attached hydrogens (tertiary/aromatic N) is 3. The summed E-state index contributed by atoms with van der Waals surface area (Å²) in [5.41, 5.74) is -0.732. The largest absolute Gasteiger partial charge is 0.495 e. The van der Waals surface area contributed by atoms with Crippen molar-refractivity contribution in [3.8, 4) is 5.75 Å². The van der Waals surface area contributed by atoms with Gasteiger partial charge in [-0.05, 0) is 51.5 Å². The van der Waals surface area contributed by atoms with Gasteiger partial charge in [0.05, 0.1) is 18.3 Å². The van der Waals surface area contributed by atoms with Crippen LogP contribution in [0.4, 0.5) is 11.4 Å². The Labute approximate surface area is 231 Å². The number of nitrogens with one attached hydrogen (secondary N) is 1. The number of benzene rings is 2. The van der Waals surface area contributed by atoms with Crippen LogP contribution in [0.5, 0.6) is 5.75 Å². The van der Waals surface area contributed by atoms with Crippen LogP contribution in [0.15, 0.2) is 36.4 Å². The van der Waals surface area contributed by atoms with E-state index in [4.69, 9.17) is 27.9 Å². The number of ether oxygens (including phenoxy) is 1. The molecule has 2 aromatic rings. The van der Waals surface area contributed by atoms with E-state index in [1.807, 2.05) is 0 Å². The van der Waals surface area contributed by atoms with E-state index in [0.29, 0.717) is 14.9 Å². The van der Waals surface area contributed by atoms with Crippen LogP contribution >= 0.6 is 23.2 Å². The average molecular weight is 589 g/mol. The number of anilines is 1. The van der Waals surface area contributed by atoms with E-state index in [-0.39, 0.29) is 23.0 Å². The highest BCUT2D eigenvalue weighted by atomic mass is 35.5. The number of methoxy groups -OCH3 is 1. The molecule has 208 valence electrons. The third kappa shape index (κ3) is 8.20. The topological polar surface area (TPSA) is 139 Å². The molecule has 0 fully saturated rings. The molecule has 2 aromatic carbocycles. The van der Waals surface area contributed by atoms with Gasteiger partial charge >= 0.3 is 0 Å². The summed E-state index contributed by atoms with van der Waals surface area (Å²) in [4.78, 5) is 38.5. The van der Waals surface area contributed by atoms with Crippen molar-refractivity contribution >= 4 is 56.4 Å². The molecule has 11 nitrogen and oxygen atoms in total. The van der Waals surface area contributed by atoms with Crippen LogP contribution < -0.4 is 14.4 Å². The molecule has 2 amide bonds. The van der Waals surface area contributed by atoms with Crippen LogP contribution in [-0.4, -0.2) is 61.5 Å². The van der Waals surface area contributed by atoms with E-state index in [1.165, 1.54) is 31.1 Å². The highest BCUT2D eigenvalue weighted by molar-refractivity contribution is 7.92. The van der Waals surface area contributed by atoms with E-state index in [2.05, 4.69) is 5.32 Å². The highest BCUT2D eigenvalue weighted by Gasteiger charge is 2.33. The predicted octanol–water partition coefficient (Wildman–Crippen LogP) is 4.01. The molecule has 0 saturated heterocycles. The van der Waals surface area contributed by atoms with Gasteiger partial charge in [0.15, 0.2) is 0 Å². The summed E-state index contributed by atoms with van der Waals surface area (Å²) in [5.74, 6) is -1.24. The van der Waals surface area contributed by atoms with Gasteiger partial charge in [0.1, 0.15) is 24.0 Å². The highest BCUT2D eigenvalue weighted by Crippen LogP contribution is 2.34. The van der Waals surface area contributed by atoms with Gasteiger partial charge in [-0.1, -0.05) is 29.3 Å². The lowest BCUT2D eigenvalue weighted by Crippen LogP contribution is -2.54. The van der Waals surface area contributed by atoms with Crippen molar-refractivity contribution in [2.75, 3.05) is 24.2 Å². The third-order valence-corrected chi connectivity index (χ3v) is 7.06. The number of carbonyl (C=O) groups excluding carboxylic acids is 2. The first kappa shape index (κ1) is 31.1. The van der Waals surface area contributed by atoms with Gasteiger partial charge in [-0.2, -0.15) is 0 Å². The number of amides is 2. The number of nitro groups is 1. The monoisotopic (exact) mass is 588 g/mol. The molecule has 0 aromatic heterocycles. The Morgan fingerprint density at radius 3 is 2.29 bits per heavy atom. The first-order valence-corrected chi connectivity index (χ1v) is 13.9. The average Bonchev–Trinajstić information content (AvgIpc) is 2.79. The molecule has 0 heterocycles. The zero-order chi connectivity index (χ0) is 29.0. The van der Waals surface area contributed by atoms with Gasteiger partial charge in [-0.15, -0.1) is 0 Å². The molecule has 0 radical (unpaired) electrons. The zero-order valence-corrected chi connectivity index (χ0v) is 24.1. The summed E-state index contributed by atoms with van der Waals surface area (Å²) in [7, 11) is -2.88. The van der Waals surface area contributed by atoms with Gasteiger partial charge < -0.3 is 15.0 Å². The fourth-order valence-corrected chi connectivity index (χ4v) is 4.78. The van der Waals surface area contributed by atoms with Crippen LogP contribution in [0.25, 0.3) is 0 Å². The summed E-state index contributed by atoms with van der Waals surface area (Å²) >= 11 is 12.3. The normalized spacial score (nSPS) is 12.4. The zero-order valence-electron chi connectivity index (χ0n) is 21.8. The third-order valence-electron chi connectivity index (χ3n) is 5.34. The SMILES string of the molecule is COc1ccc([N+](=O)[O-])cc1N(CC(=O)N(Cc1ccc(Cl)cc1Cl)[C@H](C)C(=O)NC(C)(C)C)S(C)(=O)=O. The standard InChI is InChI=1S/C24H30Cl2N4O7S/c1-15(23(32)27-24(2,3)4)28(13-16-7-8-17(25)11-19(16)26)22(31)14-29(38(6,35)36)20-12-18(30(33)34)9-10-21(20)37-5/h7-12,15H,13-14H2,1-6H3,(H,27,32)/t15-/m1/s1. The van der Waals surface area contributed by atoms with E-state index in [0.717, 1.165) is 18.4 Å². The molecule has 0 spiro atoms. The van der Waals surface area contributed by atoms with Crippen LogP contribution in [0.2, 0.25) is 10.0 Å². The fraction of sp³-hybridized carbons (Fsp3) is 0.417. The summed E-state index contributed by atoms with van der Waals surface area (Å²) in [6, 6.07) is 7.00. The van der Waals surface area contributed by atoms with Crippen molar-refractivity contribution in [3.05, 3.63) is 62.1 Å². The van der Waals surface area contributed by atoms with Crippen LogP contribution in [0.3, 0.4) is 0 Å². The smallest absolute Gasteiger partial charge is 0.271 e. The Balaban J connectivity index is 2.56. The number of non-ortho nitro benzene ring substituents is 1. The van der Waals surface area contributed by atoms with E-state index >= 15 is 0 Å². The number of sulfonamides is 1. The first-order chi connectivity index (χ1) is 17.4. The molecular weight excluding hydrogens is 559 g/mol. The summed E-state index contributed by atoms with van der Waals surface area (Å²) < 4.78 is 31.5. The van der Waals surface area contributed by atoms with Gasteiger partial charge in [-0.3, -0.25) is 24.0 Å². The van der Waals surface area contributed by atoms with Crippen molar-refractivity contribution in [2.24, 2.45) is 0 Å². The van der Waals surface area contributed by atoms with Gasteiger partial charge in [0.2, 0.25) is 21.8 Å². The Morgan fingerprint density at radius 1 is 1.16 bits per heavy atom. The Kier molecular flexibility index (Phi) is 9.98. The van der Waals surface area contributed by atoms with E-state index in [1.54, 1.807) is 32.9 Å². The summed E-state index contributed by atoms with van der Waals surface area (Å²) in [6.45, 7) is 5.92. The minimum atomic E-state index is -4.14. The molecule has 1 atom stereocenters. The molecule has 14 heteroatoms. The molecule has 0 unspecified atom stereocenters. The van der Waals surface area contributed by atoms with Crippen molar-refractivity contribution in [3.63, 3.8) is 0 Å². The molecular formula is C24H30Cl2N4O7S. The molecule has 1 N–H and O–H groups in total. The minimum Gasteiger partial charge on any atom is -0.495 e. The fourth-order valence-electron chi connectivity index (χ4n) is 3.47. The Bertz CT molecular complexity index is 1330. The maximum absolute atomic E-state index is 13.7. The van der Waals surface area contributed by atoms with Crippen molar-refractivity contribution in [1.29, 1.82) is 0 Å². The lowest BCUT2D eigenvalue weighted by atomic mass is 10.1. The molecule has 38 heavy (non-hydrogen) atoms. The lowest BCUT2D eigenvalue weighted by Gasteiger charge is -2.33. The molecule has 0 aliphatic heterocycles.